The van der Waals surface area contributed by atoms with E-state index >= 15 is 0 Å². The highest BCUT2D eigenvalue weighted by Gasteiger charge is 2.19. The lowest BCUT2D eigenvalue weighted by molar-refractivity contribution is 0.0605. The minimum atomic E-state index is -0.435. The minimum Gasteiger partial charge on any atom is -0.465 e. The van der Waals surface area contributed by atoms with Crippen LogP contribution in [0.5, 0.6) is 0 Å². The van der Waals surface area contributed by atoms with Gasteiger partial charge in [0.2, 0.25) is 0 Å². The highest BCUT2D eigenvalue weighted by molar-refractivity contribution is 7.18. The fraction of sp³-hybridized carbons (Fsp3) is 0.438. The van der Waals surface area contributed by atoms with Crippen LogP contribution in [0.4, 0.5) is 5.13 Å². The number of aromatic nitrogens is 1. The first-order valence-electron chi connectivity index (χ1n) is 7.48. The van der Waals surface area contributed by atoms with Gasteiger partial charge in [-0.2, -0.15) is 0 Å². The van der Waals surface area contributed by atoms with Gasteiger partial charge in [0.15, 0.2) is 5.13 Å². The molecule has 23 heavy (non-hydrogen) atoms. The van der Waals surface area contributed by atoms with E-state index in [9.17, 15) is 9.59 Å². The molecule has 2 aromatic heterocycles. The number of hydrogen-bond acceptors (Lipinski definition) is 6. The van der Waals surface area contributed by atoms with E-state index in [0.717, 1.165) is 30.6 Å². The molecule has 0 atom stereocenters. The summed E-state index contributed by atoms with van der Waals surface area (Å²) < 4.78 is 4.70. The predicted molar refractivity (Wildman–Crippen MR) is 93.8 cm³/mol. The van der Waals surface area contributed by atoms with Gasteiger partial charge in [0.05, 0.1) is 17.7 Å². The summed E-state index contributed by atoms with van der Waals surface area (Å²) in [7, 11) is 1.33. The molecule has 2 heterocycles. The molecule has 0 saturated carbocycles. The van der Waals surface area contributed by atoms with Gasteiger partial charge in [0, 0.05) is 4.88 Å². The van der Waals surface area contributed by atoms with Gasteiger partial charge in [0.25, 0.3) is 5.91 Å². The molecule has 0 fully saturated rings. The molecule has 1 amide bonds. The molecule has 0 aliphatic heterocycles. The van der Waals surface area contributed by atoms with Crippen molar-refractivity contribution in [2.24, 2.45) is 0 Å². The highest BCUT2D eigenvalue weighted by atomic mass is 32.1. The van der Waals surface area contributed by atoms with Crippen molar-refractivity contribution >= 4 is 39.7 Å². The Morgan fingerprint density at radius 2 is 2.04 bits per heavy atom. The number of methoxy groups -OCH3 is 1. The van der Waals surface area contributed by atoms with Crippen molar-refractivity contribution in [3.63, 3.8) is 0 Å². The van der Waals surface area contributed by atoms with Crippen molar-refractivity contribution in [2.45, 2.75) is 40.0 Å². The van der Waals surface area contributed by atoms with Crippen molar-refractivity contribution < 1.29 is 14.3 Å². The molecule has 0 aliphatic carbocycles. The molecule has 1 N–H and O–H groups in total. The van der Waals surface area contributed by atoms with E-state index in [2.05, 4.69) is 24.1 Å². The van der Waals surface area contributed by atoms with Gasteiger partial charge in [-0.15, -0.1) is 11.3 Å². The first kappa shape index (κ1) is 17.6. The average Bonchev–Trinajstić information content (AvgIpc) is 3.10. The third-order valence-corrected chi connectivity index (χ3v) is 5.66. The van der Waals surface area contributed by atoms with Crippen molar-refractivity contribution in [3.8, 4) is 0 Å². The zero-order chi connectivity index (χ0) is 17.0. The maximum atomic E-state index is 12.4. The van der Waals surface area contributed by atoms with E-state index in [1.165, 1.54) is 28.9 Å². The molecular formula is C16H20N2O3S2. The maximum Gasteiger partial charge on any atom is 0.350 e. The van der Waals surface area contributed by atoms with Crippen molar-refractivity contribution in [3.05, 3.63) is 32.0 Å². The zero-order valence-corrected chi connectivity index (χ0v) is 15.3. The van der Waals surface area contributed by atoms with Gasteiger partial charge in [-0.25, -0.2) is 9.78 Å². The fourth-order valence-corrected chi connectivity index (χ4v) is 4.34. The van der Waals surface area contributed by atoms with Crippen molar-refractivity contribution in [2.75, 3.05) is 12.4 Å². The normalized spacial score (nSPS) is 10.6. The quantitative estimate of drug-likeness (QED) is 0.796. The minimum absolute atomic E-state index is 0.183. The van der Waals surface area contributed by atoms with Gasteiger partial charge in [-0.3, -0.25) is 10.1 Å². The predicted octanol–water partition coefficient (Wildman–Crippen LogP) is 4.07. The summed E-state index contributed by atoms with van der Waals surface area (Å²) >= 11 is 2.66. The van der Waals surface area contributed by atoms with Gasteiger partial charge >= 0.3 is 5.97 Å². The molecule has 0 spiro atoms. The average molecular weight is 352 g/mol. The number of ether oxygens (including phenoxy) is 1. The Hall–Kier alpha value is -1.73. The summed E-state index contributed by atoms with van der Waals surface area (Å²) in [4.78, 5) is 30.6. The summed E-state index contributed by atoms with van der Waals surface area (Å²) in [6, 6.07) is 1.95. The number of thiazole rings is 1. The number of rotatable bonds is 6. The van der Waals surface area contributed by atoms with E-state index < -0.39 is 5.97 Å². The number of amides is 1. The lowest BCUT2D eigenvalue weighted by atomic mass is 10.1. The largest absolute Gasteiger partial charge is 0.465 e. The number of thiophene rings is 1. The van der Waals surface area contributed by atoms with Crippen LogP contribution in [0, 0.1) is 6.92 Å². The second-order valence-corrected chi connectivity index (χ2v) is 7.18. The Kier molecular flexibility index (Phi) is 5.90. The molecule has 0 aliphatic rings. The molecule has 0 bridgehead atoms. The molecular weight excluding hydrogens is 332 g/mol. The van der Waals surface area contributed by atoms with Gasteiger partial charge in [-0.1, -0.05) is 31.6 Å². The van der Waals surface area contributed by atoms with Crippen LogP contribution in [0.2, 0.25) is 0 Å². The zero-order valence-electron chi connectivity index (χ0n) is 13.7. The topological polar surface area (TPSA) is 68.3 Å². The summed E-state index contributed by atoms with van der Waals surface area (Å²) in [6.45, 7) is 5.94. The molecule has 0 unspecified atom stereocenters. The Labute approximate surface area is 143 Å². The smallest absolute Gasteiger partial charge is 0.350 e. The molecule has 124 valence electrons. The number of nitrogens with zero attached hydrogens (tertiary/aromatic N) is 1. The van der Waals surface area contributed by atoms with E-state index in [1.807, 2.05) is 6.07 Å². The SMILES string of the molecule is CCCc1sc(C(=O)Nc2nc(C)c(C(=O)OC)s2)cc1CC. The monoisotopic (exact) mass is 352 g/mol. The summed E-state index contributed by atoms with van der Waals surface area (Å²) in [5.74, 6) is -0.618. The number of anilines is 1. The van der Waals surface area contributed by atoms with Crippen molar-refractivity contribution in [1.29, 1.82) is 0 Å². The van der Waals surface area contributed by atoms with Crippen LogP contribution in [0.3, 0.4) is 0 Å². The lowest BCUT2D eigenvalue weighted by Gasteiger charge is -1.97. The van der Waals surface area contributed by atoms with Crippen LogP contribution in [-0.4, -0.2) is 24.0 Å². The third-order valence-electron chi connectivity index (χ3n) is 3.37. The highest BCUT2D eigenvalue weighted by Crippen LogP contribution is 2.27. The number of esters is 1. The lowest BCUT2D eigenvalue weighted by Crippen LogP contribution is -2.09. The number of aryl methyl sites for hydroxylation is 3. The Morgan fingerprint density at radius 1 is 1.30 bits per heavy atom. The summed E-state index contributed by atoms with van der Waals surface area (Å²) in [6.07, 6.45) is 2.97. The second kappa shape index (κ2) is 7.70. The molecule has 0 saturated heterocycles. The van der Waals surface area contributed by atoms with Crippen molar-refractivity contribution in [1.82, 2.24) is 4.98 Å². The van der Waals surface area contributed by atoms with Gasteiger partial charge in [0.1, 0.15) is 4.88 Å². The molecule has 2 aromatic rings. The van der Waals surface area contributed by atoms with Crippen LogP contribution in [0.25, 0.3) is 0 Å². The molecule has 7 heteroatoms. The number of nitrogens with one attached hydrogen (secondary N) is 1. The second-order valence-electron chi connectivity index (χ2n) is 5.04. The number of carbonyl (C=O) groups is 2. The van der Waals surface area contributed by atoms with Gasteiger partial charge < -0.3 is 4.74 Å². The first-order chi connectivity index (χ1) is 11.0. The Morgan fingerprint density at radius 3 is 2.65 bits per heavy atom. The van der Waals surface area contributed by atoms with E-state index in [-0.39, 0.29) is 5.91 Å². The molecule has 0 radical (unpaired) electrons. The first-order valence-corrected chi connectivity index (χ1v) is 9.12. The van der Waals surface area contributed by atoms with Gasteiger partial charge in [-0.05, 0) is 31.4 Å². The summed E-state index contributed by atoms with van der Waals surface area (Å²) in [5, 5.41) is 3.19. The van der Waals surface area contributed by atoms with Crippen LogP contribution >= 0.6 is 22.7 Å². The number of hydrogen-bond donors (Lipinski definition) is 1. The van der Waals surface area contributed by atoms with Crippen LogP contribution in [0.15, 0.2) is 6.07 Å². The van der Waals surface area contributed by atoms with E-state index in [0.29, 0.717) is 20.6 Å². The van der Waals surface area contributed by atoms with Crippen LogP contribution < -0.4 is 5.32 Å². The Balaban J connectivity index is 2.17. The van der Waals surface area contributed by atoms with Crippen LogP contribution in [-0.2, 0) is 17.6 Å². The van der Waals surface area contributed by atoms with E-state index in [1.54, 1.807) is 6.92 Å². The standard InChI is InChI=1S/C16H20N2O3S2/c1-5-7-11-10(6-2)8-12(22-11)14(19)18-16-17-9(3)13(23-16)15(20)21-4/h8H,5-7H2,1-4H3,(H,17,18,19). The third kappa shape index (κ3) is 3.97. The number of carbonyl (C=O) groups excluding carboxylic acids is 2. The van der Waals surface area contributed by atoms with E-state index in [4.69, 9.17) is 4.74 Å². The summed E-state index contributed by atoms with van der Waals surface area (Å²) in [5.41, 5.74) is 1.79. The maximum absolute atomic E-state index is 12.4. The Bertz CT molecular complexity index is 719. The molecule has 0 aromatic carbocycles. The molecule has 5 nitrogen and oxygen atoms in total. The van der Waals surface area contributed by atoms with Crippen LogP contribution in [0.1, 0.15) is 55.7 Å². The molecule has 2 rings (SSSR count). The fourth-order valence-electron chi connectivity index (χ4n) is 2.21.